The Morgan fingerprint density at radius 3 is 2.44 bits per heavy atom. The van der Waals surface area contributed by atoms with Gasteiger partial charge in [-0.15, -0.1) is 0 Å². The first-order valence-corrected chi connectivity index (χ1v) is 11.5. The SMILES string of the molecule is CC(C)NS(=O)(=O)c1ccc(NC(=O)NC2CC3CC2C2CCCC32)cc1. The number of sulfonamides is 1. The number of amides is 2. The first kappa shape index (κ1) is 18.7. The third-order valence-corrected chi connectivity index (χ3v) is 8.23. The molecule has 5 atom stereocenters. The average molecular weight is 392 g/mol. The quantitative estimate of drug-likeness (QED) is 0.719. The second-order valence-corrected chi connectivity index (χ2v) is 10.4. The summed E-state index contributed by atoms with van der Waals surface area (Å²) < 4.78 is 26.9. The van der Waals surface area contributed by atoms with Crippen molar-refractivity contribution in [2.75, 3.05) is 5.32 Å². The number of anilines is 1. The highest BCUT2D eigenvalue weighted by atomic mass is 32.2. The summed E-state index contributed by atoms with van der Waals surface area (Å²) in [5.74, 6) is 3.16. The first-order valence-electron chi connectivity index (χ1n) is 10.0. The van der Waals surface area contributed by atoms with E-state index in [-0.39, 0.29) is 23.0 Å². The lowest BCUT2D eigenvalue weighted by molar-refractivity contribution is 0.203. The van der Waals surface area contributed by atoms with Gasteiger partial charge in [0.2, 0.25) is 10.0 Å². The van der Waals surface area contributed by atoms with Crippen molar-refractivity contribution in [2.45, 2.75) is 62.9 Å². The van der Waals surface area contributed by atoms with Gasteiger partial charge in [-0.1, -0.05) is 6.42 Å². The predicted molar refractivity (Wildman–Crippen MR) is 105 cm³/mol. The Hall–Kier alpha value is -1.60. The lowest BCUT2D eigenvalue weighted by atomic mass is 9.79. The molecule has 0 saturated heterocycles. The number of carbonyl (C=O) groups excluding carboxylic acids is 1. The van der Waals surface area contributed by atoms with E-state index in [0.717, 1.165) is 24.2 Å². The lowest BCUT2D eigenvalue weighted by Crippen LogP contribution is -2.44. The Balaban J connectivity index is 1.34. The van der Waals surface area contributed by atoms with Crippen LogP contribution in [-0.4, -0.2) is 26.5 Å². The van der Waals surface area contributed by atoms with Gasteiger partial charge in [-0.2, -0.15) is 0 Å². The molecule has 1 aromatic carbocycles. The molecule has 0 aliphatic heterocycles. The Morgan fingerprint density at radius 1 is 1.04 bits per heavy atom. The van der Waals surface area contributed by atoms with Gasteiger partial charge >= 0.3 is 6.03 Å². The van der Waals surface area contributed by atoms with Crippen LogP contribution in [0.5, 0.6) is 0 Å². The van der Waals surface area contributed by atoms with Crippen LogP contribution in [-0.2, 0) is 10.0 Å². The second kappa shape index (κ2) is 7.09. The number of benzene rings is 1. The van der Waals surface area contributed by atoms with Gasteiger partial charge in [-0.25, -0.2) is 17.9 Å². The third kappa shape index (κ3) is 3.72. The van der Waals surface area contributed by atoms with E-state index in [9.17, 15) is 13.2 Å². The third-order valence-electron chi connectivity index (χ3n) is 6.56. The van der Waals surface area contributed by atoms with E-state index in [2.05, 4.69) is 15.4 Å². The number of rotatable bonds is 5. The zero-order valence-corrected chi connectivity index (χ0v) is 16.8. The van der Waals surface area contributed by atoms with Crippen LogP contribution in [0, 0.1) is 23.7 Å². The smallest absolute Gasteiger partial charge is 0.319 e. The number of fused-ring (bicyclic) bond motifs is 5. The molecule has 4 rings (SSSR count). The molecule has 3 N–H and O–H groups in total. The van der Waals surface area contributed by atoms with E-state index in [0.29, 0.717) is 11.6 Å². The van der Waals surface area contributed by atoms with Crippen molar-refractivity contribution < 1.29 is 13.2 Å². The molecule has 2 bridgehead atoms. The van der Waals surface area contributed by atoms with Gasteiger partial charge in [0.15, 0.2) is 0 Å². The van der Waals surface area contributed by atoms with Gasteiger partial charge in [-0.3, -0.25) is 0 Å². The molecule has 5 unspecified atom stereocenters. The highest BCUT2D eigenvalue weighted by molar-refractivity contribution is 7.89. The van der Waals surface area contributed by atoms with E-state index >= 15 is 0 Å². The van der Waals surface area contributed by atoms with Crippen LogP contribution in [0.4, 0.5) is 10.5 Å². The molecule has 3 aliphatic rings. The van der Waals surface area contributed by atoms with E-state index < -0.39 is 10.0 Å². The van der Waals surface area contributed by atoms with Crippen molar-refractivity contribution in [3.8, 4) is 0 Å². The van der Waals surface area contributed by atoms with Crippen molar-refractivity contribution in [2.24, 2.45) is 23.7 Å². The number of carbonyl (C=O) groups is 1. The predicted octanol–water partition coefficient (Wildman–Crippen LogP) is 3.32. The highest BCUT2D eigenvalue weighted by Crippen LogP contribution is 2.58. The normalized spacial score (nSPS) is 31.9. The topological polar surface area (TPSA) is 87.3 Å². The molecule has 3 aliphatic carbocycles. The van der Waals surface area contributed by atoms with E-state index in [1.54, 1.807) is 26.0 Å². The molecule has 0 spiro atoms. The largest absolute Gasteiger partial charge is 0.335 e. The van der Waals surface area contributed by atoms with Gasteiger partial charge in [0.05, 0.1) is 4.90 Å². The van der Waals surface area contributed by atoms with E-state index in [4.69, 9.17) is 0 Å². The van der Waals surface area contributed by atoms with Gasteiger partial charge in [-0.05, 0) is 87.5 Å². The van der Waals surface area contributed by atoms with Crippen molar-refractivity contribution in [3.05, 3.63) is 24.3 Å². The summed E-state index contributed by atoms with van der Waals surface area (Å²) in [7, 11) is -3.52. The van der Waals surface area contributed by atoms with Crippen LogP contribution >= 0.6 is 0 Å². The minimum atomic E-state index is -3.52. The van der Waals surface area contributed by atoms with Crippen molar-refractivity contribution in [3.63, 3.8) is 0 Å². The minimum absolute atomic E-state index is 0.167. The van der Waals surface area contributed by atoms with Gasteiger partial charge in [0, 0.05) is 17.8 Å². The van der Waals surface area contributed by atoms with Crippen LogP contribution in [0.15, 0.2) is 29.2 Å². The fourth-order valence-corrected chi connectivity index (χ4v) is 6.92. The van der Waals surface area contributed by atoms with Crippen LogP contribution < -0.4 is 15.4 Å². The summed E-state index contributed by atoms with van der Waals surface area (Å²) in [6.45, 7) is 3.56. The van der Waals surface area contributed by atoms with Crippen molar-refractivity contribution in [1.82, 2.24) is 10.0 Å². The number of nitrogens with one attached hydrogen (secondary N) is 3. The first-order chi connectivity index (χ1) is 12.8. The fraction of sp³-hybridized carbons (Fsp3) is 0.650. The summed E-state index contributed by atoms with van der Waals surface area (Å²) in [5.41, 5.74) is 0.595. The molecule has 0 radical (unpaired) electrons. The van der Waals surface area contributed by atoms with Crippen LogP contribution in [0.3, 0.4) is 0 Å². The molecule has 0 heterocycles. The molecule has 3 fully saturated rings. The molecule has 1 aromatic rings. The maximum absolute atomic E-state index is 12.4. The Bertz CT molecular complexity index is 806. The standard InChI is InChI=1S/C20H29N3O3S/c1-12(2)23-27(25,26)15-8-6-14(7-9-15)21-20(24)22-19-11-13-10-18(19)17-5-3-4-16(13)17/h6-9,12-13,16-19,23H,3-5,10-11H2,1-2H3,(H2,21,22,24). The monoisotopic (exact) mass is 391 g/mol. The highest BCUT2D eigenvalue weighted by Gasteiger charge is 2.54. The molecule has 7 heteroatoms. The zero-order valence-electron chi connectivity index (χ0n) is 15.9. The van der Waals surface area contributed by atoms with Gasteiger partial charge < -0.3 is 10.6 Å². The van der Waals surface area contributed by atoms with E-state index in [1.165, 1.54) is 37.8 Å². The van der Waals surface area contributed by atoms with Crippen LogP contribution in [0.2, 0.25) is 0 Å². The average Bonchev–Trinajstić information content (AvgIpc) is 3.26. The number of hydrogen-bond donors (Lipinski definition) is 3. The maximum atomic E-state index is 12.4. The summed E-state index contributed by atoms with van der Waals surface area (Å²) in [5, 5.41) is 6.00. The summed E-state index contributed by atoms with van der Waals surface area (Å²) in [4.78, 5) is 12.6. The second-order valence-electron chi connectivity index (χ2n) is 8.66. The molecule has 27 heavy (non-hydrogen) atoms. The number of urea groups is 1. The summed E-state index contributed by atoms with van der Waals surface area (Å²) >= 11 is 0. The lowest BCUT2D eigenvalue weighted by Gasteiger charge is -2.32. The van der Waals surface area contributed by atoms with E-state index in [1.807, 2.05) is 0 Å². The summed E-state index contributed by atoms with van der Waals surface area (Å²) in [6, 6.07) is 6.20. The Morgan fingerprint density at radius 2 is 1.74 bits per heavy atom. The molecular formula is C20H29N3O3S. The van der Waals surface area contributed by atoms with Crippen LogP contribution in [0.1, 0.15) is 46.0 Å². The van der Waals surface area contributed by atoms with Gasteiger partial charge in [0.1, 0.15) is 0 Å². The zero-order chi connectivity index (χ0) is 19.2. The number of hydrogen-bond acceptors (Lipinski definition) is 3. The molecule has 3 saturated carbocycles. The summed E-state index contributed by atoms with van der Waals surface area (Å²) in [6.07, 6.45) is 6.44. The minimum Gasteiger partial charge on any atom is -0.335 e. The molecule has 0 aromatic heterocycles. The molecule has 6 nitrogen and oxygen atoms in total. The van der Waals surface area contributed by atoms with Gasteiger partial charge in [0.25, 0.3) is 0 Å². The molecular weight excluding hydrogens is 362 g/mol. The van der Waals surface area contributed by atoms with Crippen molar-refractivity contribution in [1.29, 1.82) is 0 Å². The Kier molecular flexibility index (Phi) is 4.93. The van der Waals surface area contributed by atoms with Crippen molar-refractivity contribution >= 4 is 21.7 Å². The molecule has 148 valence electrons. The molecule has 2 amide bonds. The maximum Gasteiger partial charge on any atom is 0.319 e. The Labute approximate surface area is 161 Å². The van der Waals surface area contributed by atoms with Crippen LogP contribution in [0.25, 0.3) is 0 Å². The fourth-order valence-electron chi connectivity index (χ4n) is 5.67.